The third-order valence-electron chi connectivity index (χ3n) is 5.55. The number of nitrogens with zero attached hydrogens (tertiary/aromatic N) is 8. The molecule has 0 aliphatic carbocycles. The highest BCUT2D eigenvalue weighted by molar-refractivity contribution is 5.66. The summed E-state index contributed by atoms with van der Waals surface area (Å²) in [5.74, 6) is 2.29. The van der Waals surface area contributed by atoms with E-state index in [1.165, 1.54) is 0 Å². The molecule has 0 amide bonds. The first-order chi connectivity index (χ1) is 15.9. The van der Waals surface area contributed by atoms with Gasteiger partial charge in [-0.15, -0.1) is 5.10 Å². The molecule has 0 spiro atoms. The lowest BCUT2D eigenvalue weighted by Gasteiger charge is -2.44. The van der Waals surface area contributed by atoms with Crippen LogP contribution in [0.4, 0.5) is 23.4 Å². The first kappa shape index (κ1) is 20.4. The molecule has 3 aromatic heterocycles. The summed E-state index contributed by atoms with van der Waals surface area (Å²) >= 11 is 0. The molecule has 10 heteroatoms. The van der Waals surface area contributed by atoms with Crippen LogP contribution < -0.4 is 16.0 Å². The molecule has 33 heavy (non-hydrogen) atoms. The van der Waals surface area contributed by atoms with Gasteiger partial charge in [-0.2, -0.15) is 10.2 Å². The molecule has 1 saturated heterocycles. The minimum Gasteiger partial charge on any atom is -0.368 e. The average molecular weight is 438 g/mol. The molecule has 3 N–H and O–H groups in total. The Balaban J connectivity index is 1.29. The van der Waals surface area contributed by atoms with Crippen LogP contribution in [0, 0.1) is 16.7 Å². The van der Waals surface area contributed by atoms with E-state index >= 15 is 0 Å². The van der Waals surface area contributed by atoms with E-state index in [0.717, 1.165) is 28.3 Å². The van der Waals surface area contributed by atoms with Gasteiger partial charge in [-0.1, -0.05) is 12.1 Å². The molecule has 0 bridgehead atoms. The number of nitrogens with two attached hydrogens (primary N) is 1. The first-order valence-electron chi connectivity index (χ1n) is 10.4. The third kappa shape index (κ3) is 4.04. The van der Waals surface area contributed by atoms with Gasteiger partial charge in [0.2, 0.25) is 11.9 Å². The van der Waals surface area contributed by atoms with E-state index in [4.69, 9.17) is 5.73 Å². The van der Waals surface area contributed by atoms with Gasteiger partial charge in [0.15, 0.2) is 5.82 Å². The summed E-state index contributed by atoms with van der Waals surface area (Å²) in [5.41, 5.74) is 8.78. The molecule has 0 unspecified atom stereocenters. The van der Waals surface area contributed by atoms with Crippen LogP contribution in [0.3, 0.4) is 0 Å². The van der Waals surface area contributed by atoms with Crippen molar-refractivity contribution >= 4 is 23.4 Å². The summed E-state index contributed by atoms with van der Waals surface area (Å²) in [6.07, 6.45) is 3.40. The van der Waals surface area contributed by atoms with Crippen molar-refractivity contribution in [1.29, 1.82) is 5.26 Å². The smallest absolute Gasteiger partial charge is 0.225 e. The maximum absolute atomic E-state index is 9.18. The van der Waals surface area contributed by atoms with Gasteiger partial charge in [-0.05, 0) is 37.3 Å². The Morgan fingerprint density at radius 1 is 1.03 bits per heavy atom. The van der Waals surface area contributed by atoms with E-state index in [0.29, 0.717) is 24.9 Å². The zero-order valence-electron chi connectivity index (χ0n) is 18.3. The lowest BCUT2D eigenvalue weighted by atomic mass is 9.84. The zero-order chi connectivity index (χ0) is 23.0. The topological polar surface area (TPSA) is 134 Å². The number of nitrogens with one attached hydrogen (secondary N) is 1. The van der Waals surface area contributed by atoms with Crippen LogP contribution in [0.5, 0.6) is 0 Å². The highest BCUT2D eigenvalue weighted by atomic mass is 15.4. The van der Waals surface area contributed by atoms with Crippen LogP contribution in [0.15, 0.2) is 54.9 Å². The Labute approximate surface area is 190 Å². The second-order valence-electron chi connectivity index (χ2n) is 8.32. The van der Waals surface area contributed by atoms with Crippen molar-refractivity contribution in [2.24, 2.45) is 12.5 Å². The van der Waals surface area contributed by atoms with Crippen LogP contribution >= 0.6 is 0 Å². The van der Waals surface area contributed by atoms with Crippen molar-refractivity contribution in [2.45, 2.75) is 6.92 Å². The van der Waals surface area contributed by atoms with Crippen LogP contribution in [0.1, 0.15) is 6.92 Å². The molecule has 1 aliphatic heterocycles. The van der Waals surface area contributed by atoms with Crippen LogP contribution in [-0.4, -0.2) is 42.8 Å². The zero-order valence-corrected chi connectivity index (χ0v) is 18.3. The van der Waals surface area contributed by atoms with Gasteiger partial charge in [0.05, 0.1) is 17.2 Å². The minimum atomic E-state index is -0.288. The van der Waals surface area contributed by atoms with Crippen molar-refractivity contribution in [3.8, 4) is 28.7 Å². The Hall–Kier alpha value is -4.52. The Morgan fingerprint density at radius 2 is 1.79 bits per heavy atom. The number of hydrogen-bond acceptors (Lipinski definition) is 9. The van der Waals surface area contributed by atoms with Gasteiger partial charge in [0.25, 0.3) is 0 Å². The Morgan fingerprint density at radius 3 is 2.45 bits per heavy atom. The van der Waals surface area contributed by atoms with Gasteiger partial charge >= 0.3 is 0 Å². The summed E-state index contributed by atoms with van der Waals surface area (Å²) in [6, 6.07) is 15.9. The van der Waals surface area contributed by atoms with E-state index in [2.05, 4.69) is 41.3 Å². The maximum atomic E-state index is 9.18. The highest BCUT2D eigenvalue weighted by Gasteiger charge is 2.39. The number of nitriles is 1. The molecule has 1 aliphatic rings. The van der Waals surface area contributed by atoms with Crippen molar-refractivity contribution in [2.75, 3.05) is 29.0 Å². The van der Waals surface area contributed by atoms with E-state index < -0.39 is 0 Å². The Kier molecular flexibility index (Phi) is 4.86. The lowest BCUT2D eigenvalue weighted by molar-refractivity contribution is 0.334. The summed E-state index contributed by atoms with van der Waals surface area (Å²) in [7, 11) is 1.83. The monoisotopic (exact) mass is 438 g/mol. The standard InChI is InChI=1S/C23H22N10/c1-23(12-24)13-33(14-23)19-8-5-16(11-27-19)20-30-22(32(2)31-20)28-17-6-3-15(4-7-17)18-9-10-26-21(25)29-18/h3-11H,13-14H2,1-2H3,(H2,25,26,29)(H,28,30,31). The normalized spacial score (nSPS) is 14.4. The van der Waals surface area contributed by atoms with Crippen molar-refractivity contribution in [1.82, 2.24) is 29.7 Å². The second-order valence-corrected chi connectivity index (χ2v) is 8.32. The largest absolute Gasteiger partial charge is 0.368 e. The first-order valence-corrected chi connectivity index (χ1v) is 10.4. The van der Waals surface area contributed by atoms with Gasteiger partial charge in [0.1, 0.15) is 5.82 Å². The van der Waals surface area contributed by atoms with Crippen molar-refractivity contribution in [3.05, 3.63) is 54.9 Å². The van der Waals surface area contributed by atoms with Gasteiger partial charge in [-0.3, -0.25) is 0 Å². The van der Waals surface area contributed by atoms with Crippen LogP contribution in [0.2, 0.25) is 0 Å². The molecule has 5 rings (SSSR count). The molecule has 4 aromatic rings. The van der Waals surface area contributed by atoms with Crippen molar-refractivity contribution in [3.63, 3.8) is 0 Å². The van der Waals surface area contributed by atoms with E-state index in [1.54, 1.807) is 17.1 Å². The van der Waals surface area contributed by atoms with E-state index in [-0.39, 0.29) is 11.4 Å². The molecule has 1 fully saturated rings. The summed E-state index contributed by atoms with van der Waals surface area (Å²) < 4.78 is 1.69. The fourth-order valence-electron chi connectivity index (χ4n) is 3.74. The van der Waals surface area contributed by atoms with Gasteiger partial charge in [-0.25, -0.2) is 19.6 Å². The van der Waals surface area contributed by atoms with Crippen LogP contribution in [0.25, 0.3) is 22.6 Å². The molecule has 164 valence electrons. The summed E-state index contributed by atoms with van der Waals surface area (Å²) in [6.45, 7) is 3.34. The Bertz CT molecular complexity index is 1330. The number of benzene rings is 1. The third-order valence-corrected chi connectivity index (χ3v) is 5.55. The quantitative estimate of drug-likeness (QED) is 0.482. The lowest BCUT2D eigenvalue weighted by Crippen LogP contribution is -2.54. The predicted octanol–water partition coefficient (Wildman–Crippen LogP) is 3.01. The fourth-order valence-corrected chi connectivity index (χ4v) is 3.74. The number of pyridine rings is 1. The minimum absolute atomic E-state index is 0.245. The average Bonchev–Trinajstić information content (AvgIpc) is 3.17. The van der Waals surface area contributed by atoms with Gasteiger partial charge in [0, 0.05) is 49.3 Å². The molecule has 0 atom stereocenters. The van der Waals surface area contributed by atoms with Crippen molar-refractivity contribution < 1.29 is 0 Å². The second kappa shape index (κ2) is 7.87. The van der Waals surface area contributed by atoms with Crippen LogP contribution in [-0.2, 0) is 7.05 Å². The SMILES string of the molecule is Cn1nc(-c2ccc(N3CC(C)(C#N)C3)nc2)nc1Nc1ccc(-c2ccnc(N)n2)cc1. The van der Waals surface area contributed by atoms with E-state index in [1.807, 2.05) is 56.4 Å². The number of hydrogen-bond donors (Lipinski definition) is 2. The maximum Gasteiger partial charge on any atom is 0.225 e. The molecular weight excluding hydrogens is 416 g/mol. The molecular formula is C23H22N10. The van der Waals surface area contributed by atoms with E-state index in [9.17, 15) is 5.26 Å². The fraction of sp³-hybridized carbons (Fsp3) is 0.217. The number of aryl methyl sites for hydroxylation is 1. The number of nitrogen functional groups attached to an aromatic ring is 1. The molecule has 0 saturated carbocycles. The molecule has 4 heterocycles. The highest BCUT2D eigenvalue weighted by Crippen LogP contribution is 2.33. The summed E-state index contributed by atoms with van der Waals surface area (Å²) in [5, 5.41) is 17.0. The van der Waals surface area contributed by atoms with Gasteiger partial charge < -0.3 is 16.0 Å². The number of anilines is 4. The number of rotatable bonds is 5. The number of aromatic nitrogens is 6. The predicted molar refractivity (Wildman–Crippen MR) is 125 cm³/mol. The molecule has 10 nitrogen and oxygen atoms in total. The molecule has 0 radical (unpaired) electrons. The molecule has 1 aromatic carbocycles. The summed E-state index contributed by atoms with van der Waals surface area (Å²) in [4.78, 5) is 19.4.